The SMILES string of the molecule is COCCC(C)NC(=O)N(C)Cc1nc2c(s1)CCCC2. The molecule has 1 aliphatic rings. The van der Waals surface area contributed by atoms with Crippen molar-refractivity contribution in [2.24, 2.45) is 0 Å². The summed E-state index contributed by atoms with van der Waals surface area (Å²) in [4.78, 5) is 19.9. The van der Waals surface area contributed by atoms with Crippen molar-refractivity contribution in [3.05, 3.63) is 15.6 Å². The first-order valence-corrected chi connectivity index (χ1v) is 8.39. The minimum atomic E-state index is -0.0493. The van der Waals surface area contributed by atoms with E-state index < -0.39 is 0 Å². The van der Waals surface area contributed by atoms with Crippen LogP contribution in [0.3, 0.4) is 0 Å². The second kappa shape index (κ2) is 7.75. The number of hydrogen-bond acceptors (Lipinski definition) is 4. The van der Waals surface area contributed by atoms with Gasteiger partial charge in [-0.1, -0.05) is 0 Å². The number of urea groups is 1. The summed E-state index contributed by atoms with van der Waals surface area (Å²) in [6.45, 7) is 3.23. The quantitative estimate of drug-likeness (QED) is 0.878. The van der Waals surface area contributed by atoms with Gasteiger partial charge in [0.15, 0.2) is 0 Å². The molecule has 0 aliphatic heterocycles. The van der Waals surface area contributed by atoms with Gasteiger partial charge in [0.25, 0.3) is 0 Å². The minimum absolute atomic E-state index is 0.0493. The number of amides is 2. The van der Waals surface area contributed by atoms with E-state index in [4.69, 9.17) is 4.74 Å². The lowest BCUT2D eigenvalue weighted by Crippen LogP contribution is -2.41. The van der Waals surface area contributed by atoms with Crippen molar-refractivity contribution in [1.29, 1.82) is 0 Å². The molecule has 6 heteroatoms. The number of rotatable bonds is 6. The number of hydrogen-bond donors (Lipinski definition) is 1. The Balaban J connectivity index is 1.84. The van der Waals surface area contributed by atoms with E-state index in [0.717, 1.165) is 24.3 Å². The first-order chi connectivity index (χ1) is 10.1. The van der Waals surface area contributed by atoms with Crippen LogP contribution in [0.5, 0.6) is 0 Å². The molecule has 5 nitrogen and oxygen atoms in total. The number of methoxy groups -OCH3 is 1. The smallest absolute Gasteiger partial charge is 0.317 e. The van der Waals surface area contributed by atoms with Gasteiger partial charge in [0, 0.05) is 31.7 Å². The first-order valence-electron chi connectivity index (χ1n) is 7.58. The maximum Gasteiger partial charge on any atom is 0.317 e. The third-order valence-electron chi connectivity index (χ3n) is 3.73. The zero-order valence-corrected chi connectivity index (χ0v) is 14.0. The van der Waals surface area contributed by atoms with Gasteiger partial charge < -0.3 is 15.0 Å². The normalized spacial score (nSPS) is 15.4. The van der Waals surface area contributed by atoms with Gasteiger partial charge in [0.2, 0.25) is 0 Å². The fourth-order valence-electron chi connectivity index (χ4n) is 2.44. The van der Waals surface area contributed by atoms with Gasteiger partial charge in [-0.05, 0) is 39.0 Å². The average molecular weight is 311 g/mol. The second-order valence-corrected chi connectivity index (χ2v) is 6.84. The fourth-order valence-corrected chi connectivity index (χ4v) is 3.65. The molecule has 0 radical (unpaired) electrons. The van der Waals surface area contributed by atoms with E-state index in [9.17, 15) is 4.79 Å². The van der Waals surface area contributed by atoms with E-state index in [1.54, 1.807) is 23.3 Å². The molecule has 118 valence electrons. The molecule has 1 aromatic rings. The largest absolute Gasteiger partial charge is 0.385 e. The van der Waals surface area contributed by atoms with Crippen LogP contribution in [0.1, 0.15) is 41.8 Å². The number of thiazole rings is 1. The summed E-state index contributed by atoms with van der Waals surface area (Å²) in [6, 6.07) is 0.0659. The number of nitrogens with zero attached hydrogens (tertiary/aromatic N) is 2. The lowest BCUT2D eigenvalue weighted by Gasteiger charge is -2.20. The molecule has 0 saturated heterocycles. The van der Waals surface area contributed by atoms with E-state index in [0.29, 0.717) is 13.2 Å². The molecule has 1 heterocycles. The zero-order chi connectivity index (χ0) is 15.2. The van der Waals surface area contributed by atoms with E-state index in [-0.39, 0.29) is 12.1 Å². The highest BCUT2D eigenvalue weighted by Gasteiger charge is 2.18. The molecule has 0 bridgehead atoms. The molecular weight excluding hydrogens is 286 g/mol. The number of carbonyl (C=O) groups is 1. The third-order valence-corrected chi connectivity index (χ3v) is 4.88. The third kappa shape index (κ3) is 4.68. The van der Waals surface area contributed by atoms with Crippen molar-refractivity contribution >= 4 is 17.4 Å². The van der Waals surface area contributed by atoms with Crippen LogP contribution in [0, 0.1) is 0 Å². The van der Waals surface area contributed by atoms with Gasteiger partial charge in [-0.15, -0.1) is 11.3 Å². The topological polar surface area (TPSA) is 54.5 Å². The van der Waals surface area contributed by atoms with Gasteiger partial charge in [-0.3, -0.25) is 0 Å². The van der Waals surface area contributed by atoms with E-state index >= 15 is 0 Å². The highest BCUT2D eigenvalue weighted by Crippen LogP contribution is 2.27. The Bertz CT molecular complexity index is 452. The van der Waals surface area contributed by atoms with Gasteiger partial charge in [0.1, 0.15) is 5.01 Å². The summed E-state index contributed by atoms with van der Waals surface area (Å²) in [6.07, 6.45) is 5.57. The summed E-state index contributed by atoms with van der Waals surface area (Å²) >= 11 is 1.76. The van der Waals surface area contributed by atoms with E-state index in [2.05, 4.69) is 10.3 Å². The van der Waals surface area contributed by atoms with Crippen molar-refractivity contribution in [2.45, 2.75) is 51.6 Å². The molecule has 1 atom stereocenters. The Kier molecular flexibility index (Phi) is 5.99. The van der Waals surface area contributed by atoms with Crippen LogP contribution in [0.25, 0.3) is 0 Å². The summed E-state index contributed by atoms with van der Waals surface area (Å²) in [5, 5.41) is 4.03. The van der Waals surface area contributed by atoms with Crippen molar-refractivity contribution in [3.63, 3.8) is 0 Å². The maximum atomic E-state index is 12.1. The maximum absolute atomic E-state index is 12.1. The average Bonchev–Trinajstić information content (AvgIpc) is 2.87. The van der Waals surface area contributed by atoms with Gasteiger partial charge in [-0.2, -0.15) is 0 Å². The monoisotopic (exact) mass is 311 g/mol. The van der Waals surface area contributed by atoms with Gasteiger partial charge in [-0.25, -0.2) is 9.78 Å². The molecule has 2 rings (SSSR count). The number of aromatic nitrogens is 1. The minimum Gasteiger partial charge on any atom is -0.385 e. The summed E-state index contributed by atoms with van der Waals surface area (Å²) in [7, 11) is 3.49. The predicted octanol–water partition coefficient (Wildman–Crippen LogP) is 2.59. The number of fused-ring (bicyclic) bond motifs is 1. The predicted molar refractivity (Wildman–Crippen MR) is 84.7 cm³/mol. The number of carbonyl (C=O) groups excluding carboxylic acids is 1. The Hall–Kier alpha value is -1.14. The molecule has 0 fully saturated rings. The number of aryl methyl sites for hydroxylation is 2. The van der Waals surface area contributed by atoms with Gasteiger partial charge in [0.05, 0.1) is 12.2 Å². The first kappa shape index (κ1) is 16.2. The molecule has 0 saturated carbocycles. The summed E-state index contributed by atoms with van der Waals surface area (Å²) in [5.74, 6) is 0. The molecule has 21 heavy (non-hydrogen) atoms. The molecule has 0 aromatic carbocycles. The number of nitrogens with one attached hydrogen (secondary N) is 1. The molecule has 1 aliphatic carbocycles. The van der Waals surface area contributed by atoms with Crippen LogP contribution in [-0.2, 0) is 24.1 Å². The van der Waals surface area contributed by atoms with Crippen LogP contribution in [0.4, 0.5) is 4.79 Å². The van der Waals surface area contributed by atoms with E-state index in [1.165, 1.54) is 23.4 Å². The van der Waals surface area contributed by atoms with Crippen LogP contribution >= 0.6 is 11.3 Å². The second-order valence-electron chi connectivity index (χ2n) is 5.67. The Morgan fingerprint density at radius 2 is 2.24 bits per heavy atom. The number of ether oxygens (including phenoxy) is 1. The lowest BCUT2D eigenvalue weighted by atomic mass is 10.0. The standard InChI is InChI=1S/C15H25N3O2S/c1-11(8-9-20-3)16-15(19)18(2)10-14-17-12-6-4-5-7-13(12)21-14/h11H,4-10H2,1-3H3,(H,16,19). The van der Waals surface area contributed by atoms with Crippen molar-refractivity contribution in [2.75, 3.05) is 20.8 Å². The Labute approximate surface area is 130 Å². The summed E-state index contributed by atoms with van der Waals surface area (Å²) in [5.41, 5.74) is 1.25. The fraction of sp³-hybridized carbons (Fsp3) is 0.733. The van der Waals surface area contributed by atoms with Crippen LogP contribution in [0.15, 0.2) is 0 Å². The molecule has 1 unspecified atom stereocenters. The van der Waals surface area contributed by atoms with Crippen LogP contribution < -0.4 is 5.32 Å². The molecule has 2 amide bonds. The van der Waals surface area contributed by atoms with Crippen LogP contribution in [0.2, 0.25) is 0 Å². The van der Waals surface area contributed by atoms with Gasteiger partial charge >= 0.3 is 6.03 Å². The lowest BCUT2D eigenvalue weighted by molar-refractivity contribution is 0.177. The van der Waals surface area contributed by atoms with Crippen molar-refractivity contribution in [1.82, 2.24) is 15.2 Å². The molecule has 1 aromatic heterocycles. The highest BCUT2D eigenvalue weighted by molar-refractivity contribution is 7.11. The van der Waals surface area contributed by atoms with E-state index in [1.807, 2.05) is 14.0 Å². The molecular formula is C15H25N3O2S. The van der Waals surface area contributed by atoms with Crippen LogP contribution in [-0.4, -0.2) is 42.7 Å². The van der Waals surface area contributed by atoms with Crippen molar-refractivity contribution < 1.29 is 9.53 Å². The zero-order valence-electron chi connectivity index (χ0n) is 13.1. The Morgan fingerprint density at radius 3 is 2.95 bits per heavy atom. The Morgan fingerprint density at radius 1 is 1.48 bits per heavy atom. The summed E-state index contributed by atoms with van der Waals surface area (Å²) < 4.78 is 5.02. The van der Waals surface area contributed by atoms with Crippen molar-refractivity contribution in [3.8, 4) is 0 Å². The highest BCUT2D eigenvalue weighted by atomic mass is 32.1. The molecule has 1 N–H and O–H groups in total. The molecule has 0 spiro atoms.